The van der Waals surface area contributed by atoms with Crippen LogP contribution in [0.15, 0.2) is 54.6 Å². The fraction of sp³-hybridized carbons (Fsp3) is 0.200. The Bertz CT molecular complexity index is 446. The largest absolute Gasteiger partial charge is 0.301 e. The predicted octanol–water partition coefficient (Wildman–Crippen LogP) is 4.25. The molecule has 0 aliphatic heterocycles. The monoisotopic (exact) mass is 226 g/mol. The van der Waals surface area contributed by atoms with Gasteiger partial charge < -0.3 is 10.9 Å². The topological polar surface area (TPSA) is 24.1 Å². The van der Waals surface area contributed by atoms with E-state index in [1.54, 1.807) is 0 Å². The summed E-state index contributed by atoms with van der Waals surface area (Å²) < 4.78 is 0. The molecular formula is C15H18N2. The van der Waals surface area contributed by atoms with E-state index >= 15 is 0 Å². The van der Waals surface area contributed by atoms with Gasteiger partial charge in [-0.15, -0.1) is 0 Å². The number of hydrogen-bond acceptors (Lipinski definition) is 2. The fourth-order valence-electron chi connectivity index (χ4n) is 1.62. The van der Waals surface area contributed by atoms with Gasteiger partial charge in [0.15, 0.2) is 0 Å². The average Bonchev–Trinajstić information content (AvgIpc) is 2.38. The summed E-state index contributed by atoms with van der Waals surface area (Å²) >= 11 is 0. The number of hydrazine groups is 1. The maximum absolute atomic E-state index is 3.18. The molecule has 0 aliphatic rings. The molecule has 2 nitrogen and oxygen atoms in total. The van der Waals surface area contributed by atoms with Gasteiger partial charge in [-0.25, -0.2) is 0 Å². The van der Waals surface area contributed by atoms with Gasteiger partial charge in [-0.1, -0.05) is 44.2 Å². The van der Waals surface area contributed by atoms with Gasteiger partial charge in [-0.05, 0) is 35.7 Å². The minimum Gasteiger partial charge on any atom is -0.301 e. The molecule has 0 bridgehead atoms. The molecule has 0 fully saturated rings. The number of benzene rings is 2. The standard InChI is InChI=1S/C15H18N2/c1-12(2)13-8-10-15(11-9-13)17-16-14-6-4-3-5-7-14/h3-12,16-17H,1-2H3. The minimum atomic E-state index is 0.575. The summed E-state index contributed by atoms with van der Waals surface area (Å²) in [7, 11) is 0. The van der Waals surface area contributed by atoms with Crippen LogP contribution in [-0.4, -0.2) is 0 Å². The summed E-state index contributed by atoms with van der Waals surface area (Å²) in [5, 5.41) is 0. The van der Waals surface area contributed by atoms with Crippen molar-refractivity contribution in [3.63, 3.8) is 0 Å². The van der Waals surface area contributed by atoms with Gasteiger partial charge in [0.2, 0.25) is 0 Å². The number of rotatable bonds is 4. The lowest BCUT2D eigenvalue weighted by Gasteiger charge is -2.11. The molecule has 17 heavy (non-hydrogen) atoms. The maximum atomic E-state index is 3.18. The minimum absolute atomic E-state index is 0.575. The van der Waals surface area contributed by atoms with E-state index in [1.165, 1.54) is 5.56 Å². The Morgan fingerprint density at radius 3 is 1.76 bits per heavy atom. The Balaban J connectivity index is 1.96. The molecule has 0 heterocycles. The van der Waals surface area contributed by atoms with Crippen LogP contribution < -0.4 is 10.9 Å². The van der Waals surface area contributed by atoms with Crippen molar-refractivity contribution in [2.24, 2.45) is 0 Å². The van der Waals surface area contributed by atoms with Gasteiger partial charge in [0.1, 0.15) is 0 Å². The van der Waals surface area contributed by atoms with Crippen LogP contribution in [0.25, 0.3) is 0 Å². The molecule has 0 spiro atoms. The molecule has 2 N–H and O–H groups in total. The smallest absolute Gasteiger partial charge is 0.0540 e. The van der Waals surface area contributed by atoms with Crippen molar-refractivity contribution >= 4 is 11.4 Å². The van der Waals surface area contributed by atoms with Crippen molar-refractivity contribution in [1.29, 1.82) is 0 Å². The number of nitrogens with one attached hydrogen (secondary N) is 2. The van der Waals surface area contributed by atoms with Crippen molar-refractivity contribution < 1.29 is 0 Å². The first-order chi connectivity index (χ1) is 8.25. The summed E-state index contributed by atoms with van der Waals surface area (Å²) in [6.07, 6.45) is 0. The van der Waals surface area contributed by atoms with Crippen molar-refractivity contribution in [1.82, 2.24) is 0 Å². The van der Waals surface area contributed by atoms with E-state index < -0.39 is 0 Å². The van der Waals surface area contributed by atoms with E-state index in [0.29, 0.717) is 5.92 Å². The maximum Gasteiger partial charge on any atom is 0.0540 e. The summed E-state index contributed by atoms with van der Waals surface area (Å²) in [4.78, 5) is 0. The number of para-hydroxylation sites is 1. The van der Waals surface area contributed by atoms with Crippen LogP contribution in [-0.2, 0) is 0 Å². The Kier molecular flexibility index (Phi) is 3.66. The van der Waals surface area contributed by atoms with Gasteiger partial charge in [-0.3, -0.25) is 0 Å². The van der Waals surface area contributed by atoms with Crippen molar-refractivity contribution in [3.05, 3.63) is 60.2 Å². The lowest BCUT2D eigenvalue weighted by atomic mass is 10.0. The summed E-state index contributed by atoms with van der Waals surface area (Å²) in [5.74, 6) is 0.575. The van der Waals surface area contributed by atoms with Crippen LogP contribution in [0.1, 0.15) is 25.3 Å². The quantitative estimate of drug-likeness (QED) is 0.761. The van der Waals surface area contributed by atoms with Crippen LogP contribution in [0, 0.1) is 0 Å². The zero-order chi connectivity index (χ0) is 12.1. The second kappa shape index (κ2) is 5.39. The lowest BCUT2D eigenvalue weighted by molar-refractivity contribution is 0.867. The van der Waals surface area contributed by atoms with Crippen LogP contribution >= 0.6 is 0 Å². The second-order valence-electron chi connectivity index (χ2n) is 4.39. The summed E-state index contributed by atoms with van der Waals surface area (Å²) in [6.45, 7) is 4.40. The summed E-state index contributed by atoms with van der Waals surface area (Å²) in [5.41, 5.74) is 9.82. The average molecular weight is 226 g/mol. The van der Waals surface area contributed by atoms with E-state index in [9.17, 15) is 0 Å². The number of hydrogen-bond donors (Lipinski definition) is 2. The van der Waals surface area contributed by atoms with Crippen molar-refractivity contribution in [2.75, 3.05) is 10.9 Å². The Hall–Kier alpha value is -1.96. The molecule has 88 valence electrons. The molecule has 2 heteroatoms. The molecule has 0 amide bonds. The third-order valence-electron chi connectivity index (χ3n) is 2.70. The first-order valence-electron chi connectivity index (χ1n) is 5.93. The zero-order valence-corrected chi connectivity index (χ0v) is 10.3. The van der Waals surface area contributed by atoms with Crippen LogP contribution in [0.5, 0.6) is 0 Å². The third kappa shape index (κ3) is 3.25. The highest BCUT2D eigenvalue weighted by Crippen LogP contribution is 2.17. The van der Waals surface area contributed by atoms with Crippen molar-refractivity contribution in [3.8, 4) is 0 Å². The first kappa shape index (κ1) is 11.5. The van der Waals surface area contributed by atoms with Gasteiger partial charge in [0.05, 0.1) is 11.4 Å². The lowest BCUT2D eigenvalue weighted by Crippen LogP contribution is -2.08. The molecule has 0 radical (unpaired) electrons. The highest BCUT2D eigenvalue weighted by atomic mass is 15.4. The molecule has 2 rings (SSSR count). The van der Waals surface area contributed by atoms with E-state index in [4.69, 9.17) is 0 Å². The SMILES string of the molecule is CC(C)c1ccc(NNc2ccccc2)cc1. The summed E-state index contributed by atoms with van der Waals surface area (Å²) in [6, 6.07) is 18.5. The second-order valence-corrected chi connectivity index (χ2v) is 4.39. The number of anilines is 2. The van der Waals surface area contributed by atoms with Gasteiger partial charge in [-0.2, -0.15) is 0 Å². The molecule has 0 aliphatic carbocycles. The molecular weight excluding hydrogens is 208 g/mol. The van der Waals surface area contributed by atoms with Crippen molar-refractivity contribution in [2.45, 2.75) is 19.8 Å². The van der Waals surface area contributed by atoms with Gasteiger partial charge in [0.25, 0.3) is 0 Å². The molecule has 2 aromatic carbocycles. The molecule has 2 aromatic rings. The molecule has 0 aromatic heterocycles. The van der Waals surface area contributed by atoms with E-state index in [1.807, 2.05) is 30.3 Å². The normalized spacial score (nSPS) is 10.3. The zero-order valence-electron chi connectivity index (χ0n) is 10.3. The molecule has 0 atom stereocenters. The Labute approximate surface area is 103 Å². The third-order valence-corrected chi connectivity index (χ3v) is 2.70. The van der Waals surface area contributed by atoms with E-state index in [0.717, 1.165) is 11.4 Å². The molecule has 0 unspecified atom stereocenters. The van der Waals surface area contributed by atoms with Crippen LogP contribution in [0.2, 0.25) is 0 Å². The Morgan fingerprint density at radius 1 is 0.706 bits per heavy atom. The highest BCUT2D eigenvalue weighted by Gasteiger charge is 1.98. The van der Waals surface area contributed by atoms with E-state index in [2.05, 4.69) is 49.0 Å². The molecule has 0 saturated carbocycles. The first-order valence-corrected chi connectivity index (χ1v) is 5.93. The fourth-order valence-corrected chi connectivity index (χ4v) is 1.62. The predicted molar refractivity (Wildman–Crippen MR) is 74.2 cm³/mol. The van der Waals surface area contributed by atoms with Crippen LogP contribution in [0.3, 0.4) is 0 Å². The molecule has 0 saturated heterocycles. The van der Waals surface area contributed by atoms with Crippen LogP contribution in [0.4, 0.5) is 11.4 Å². The van der Waals surface area contributed by atoms with Gasteiger partial charge >= 0.3 is 0 Å². The Morgan fingerprint density at radius 2 is 1.24 bits per heavy atom. The van der Waals surface area contributed by atoms with E-state index in [-0.39, 0.29) is 0 Å². The van der Waals surface area contributed by atoms with Gasteiger partial charge in [0, 0.05) is 0 Å². The highest BCUT2D eigenvalue weighted by molar-refractivity contribution is 5.52.